The van der Waals surface area contributed by atoms with Crippen LogP contribution >= 0.6 is 0 Å². The SMILES string of the molecule is Cc1ccc(CNC(=O)C(N)C(C)C)n1C. The van der Waals surface area contributed by atoms with Crippen molar-refractivity contribution in [3.8, 4) is 0 Å². The third-order valence-corrected chi connectivity index (χ3v) is 2.94. The molecular formula is C12H21N3O. The van der Waals surface area contributed by atoms with Crippen molar-refractivity contribution in [3.05, 3.63) is 23.5 Å². The van der Waals surface area contributed by atoms with Crippen molar-refractivity contribution in [2.24, 2.45) is 18.7 Å². The second-order valence-electron chi connectivity index (χ2n) is 4.51. The Morgan fingerprint density at radius 3 is 2.56 bits per heavy atom. The molecule has 0 saturated heterocycles. The Bertz CT molecular complexity index is 368. The minimum Gasteiger partial charge on any atom is -0.350 e. The quantitative estimate of drug-likeness (QED) is 0.798. The molecule has 0 aliphatic heterocycles. The van der Waals surface area contributed by atoms with Gasteiger partial charge in [0.15, 0.2) is 0 Å². The average Bonchev–Trinajstić information content (AvgIpc) is 2.55. The molecule has 0 saturated carbocycles. The van der Waals surface area contributed by atoms with Crippen LogP contribution in [0.5, 0.6) is 0 Å². The Kier molecular flexibility index (Phi) is 4.12. The van der Waals surface area contributed by atoms with Crippen molar-refractivity contribution < 1.29 is 4.79 Å². The Hall–Kier alpha value is -1.29. The summed E-state index contributed by atoms with van der Waals surface area (Å²) in [4.78, 5) is 11.6. The Morgan fingerprint density at radius 2 is 2.12 bits per heavy atom. The van der Waals surface area contributed by atoms with E-state index in [1.54, 1.807) is 0 Å². The summed E-state index contributed by atoms with van der Waals surface area (Å²) in [6, 6.07) is 3.61. The van der Waals surface area contributed by atoms with Gasteiger partial charge in [-0.3, -0.25) is 4.79 Å². The van der Waals surface area contributed by atoms with Gasteiger partial charge < -0.3 is 15.6 Å². The molecular weight excluding hydrogens is 202 g/mol. The molecule has 0 bridgehead atoms. The molecule has 1 aromatic heterocycles. The Balaban J connectivity index is 2.52. The van der Waals surface area contributed by atoms with Gasteiger partial charge in [-0.2, -0.15) is 0 Å². The zero-order valence-electron chi connectivity index (χ0n) is 10.4. The number of carbonyl (C=O) groups excluding carboxylic acids is 1. The first-order valence-corrected chi connectivity index (χ1v) is 5.58. The van der Waals surface area contributed by atoms with E-state index in [0.29, 0.717) is 6.54 Å². The van der Waals surface area contributed by atoms with Gasteiger partial charge in [-0.25, -0.2) is 0 Å². The van der Waals surface area contributed by atoms with Crippen LogP contribution in [0.15, 0.2) is 12.1 Å². The van der Waals surface area contributed by atoms with Crippen LogP contribution in [0.3, 0.4) is 0 Å². The second kappa shape index (κ2) is 5.16. The predicted octanol–water partition coefficient (Wildman–Crippen LogP) is 0.933. The number of amides is 1. The number of aryl methyl sites for hydroxylation is 1. The maximum atomic E-state index is 11.6. The summed E-state index contributed by atoms with van der Waals surface area (Å²) in [5, 5.41) is 2.85. The Morgan fingerprint density at radius 1 is 1.50 bits per heavy atom. The van der Waals surface area contributed by atoms with Crippen molar-refractivity contribution in [1.29, 1.82) is 0 Å². The molecule has 1 amide bonds. The van der Waals surface area contributed by atoms with Gasteiger partial charge in [-0.05, 0) is 25.0 Å². The highest BCUT2D eigenvalue weighted by atomic mass is 16.2. The second-order valence-corrected chi connectivity index (χ2v) is 4.51. The summed E-state index contributed by atoms with van der Waals surface area (Å²) in [5.74, 6) is 0.0731. The number of hydrogen-bond donors (Lipinski definition) is 2. The highest BCUT2D eigenvalue weighted by Gasteiger charge is 2.16. The van der Waals surface area contributed by atoms with Crippen LogP contribution in [-0.2, 0) is 18.4 Å². The molecule has 1 unspecified atom stereocenters. The van der Waals surface area contributed by atoms with Crippen molar-refractivity contribution >= 4 is 5.91 Å². The monoisotopic (exact) mass is 223 g/mol. The molecule has 1 heterocycles. The summed E-state index contributed by atoms with van der Waals surface area (Å²) in [5.41, 5.74) is 8.01. The van der Waals surface area contributed by atoms with Crippen LogP contribution in [0.2, 0.25) is 0 Å². The average molecular weight is 223 g/mol. The van der Waals surface area contributed by atoms with Gasteiger partial charge in [-0.15, -0.1) is 0 Å². The zero-order valence-corrected chi connectivity index (χ0v) is 10.4. The molecule has 3 N–H and O–H groups in total. The summed E-state index contributed by atoms with van der Waals surface area (Å²) < 4.78 is 2.06. The van der Waals surface area contributed by atoms with Gasteiger partial charge in [0.1, 0.15) is 0 Å². The molecule has 4 nitrogen and oxygen atoms in total. The van der Waals surface area contributed by atoms with E-state index in [2.05, 4.69) is 9.88 Å². The molecule has 4 heteroatoms. The molecule has 0 fully saturated rings. The maximum absolute atomic E-state index is 11.6. The number of nitrogens with zero attached hydrogens (tertiary/aromatic N) is 1. The fourth-order valence-corrected chi connectivity index (χ4v) is 1.44. The van der Waals surface area contributed by atoms with E-state index in [-0.39, 0.29) is 11.8 Å². The molecule has 16 heavy (non-hydrogen) atoms. The van der Waals surface area contributed by atoms with Crippen molar-refractivity contribution in [1.82, 2.24) is 9.88 Å². The highest BCUT2D eigenvalue weighted by molar-refractivity contribution is 5.81. The van der Waals surface area contributed by atoms with Gasteiger partial charge in [0.2, 0.25) is 5.91 Å². The fourth-order valence-electron chi connectivity index (χ4n) is 1.44. The van der Waals surface area contributed by atoms with Gasteiger partial charge in [0, 0.05) is 18.4 Å². The molecule has 0 radical (unpaired) electrons. The van der Waals surface area contributed by atoms with Crippen LogP contribution in [0.25, 0.3) is 0 Å². The van der Waals surface area contributed by atoms with Crippen molar-refractivity contribution in [2.45, 2.75) is 33.4 Å². The number of aromatic nitrogens is 1. The molecule has 1 atom stereocenters. The first-order chi connectivity index (χ1) is 7.43. The molecule has 0 aromatic carbocycles. The van der Waals surface area contributed by atoms with Gasteiger partial charge in [0.25, 0.3) is 0 Å². The number of carbonyl (C=O) groups is 1. The number of rotatable bonds is 4. The van der Waals surface area contributed by atoms with Crippen LogP contribution < -0.4 is 11.1 Å². The van der Waals surface area contributed by atoms with Crippen molar-refractivity contribution in [2.75, 3.05) is 0 Å². The third kappa shape index (κ3) is 2.85. The van der Waals surface area contributed by atoms with E-state index in [0.717, 1.165) is 5.69 Å². The molecule has 0 aliphatic rings. The molecule has 90 valence electrons. The van der Waals surface area contributed by atoms with Crippen LogP contribution in [0.1, 0.15) is 25.2 Å². The highest BCUT2D eigenvalue weighted by Crippen LogP contribution is 2.05. The largest absolute Gasteiger partial charge is 0.350 e. The molecule has 0 aliphatic carbocycles. The smallest absolute Gasteiger partial charge is 0.237 e. The van der Waals surface area contributed by atoms with E-state index in [1.165, 1.54) is 5.69 Å². The lowest BCUT2D eigenvalue weighted by molar-refractivity contribution is -0.123. The van der Waals surface area contributed by atoms with E-state index in [4.69, 9.17) is 5.73 Å². The minimum absolute atomic E-state index is 0.0890. The number of nitrogens with one attached hydrogen (secondary N) is 1. The number of hydrogen-bond acceptors (Lipinski definition) is 2. The predicted molar refractivity (Wildman–Crippen MR) is 64.8 cm³/mol. The first-order valence-electron chi connectivity index (χ1n) is 5.58. The van der Waals surface area contributed by atoms with Crippen LogP contribution in [0, 0.1) is 12.8 Å². The topological polar surface area (TPSA) is 60.1 Å². The van der Waals surface area contributed by atoms with Crippen LogP contribution in [0.4, 0.5) is 0 Å². The summed E-state index contributed by atoms with van der Waals surface area (Å²) in [7, 11) is 1.99. The van der Waals surface area contributed by atoms with Crippen molar-refractivity contribution in [3.63, 3.8) is 0 Å². The normalized spacial score (nSPS) is 12.9. The van der Waals surface area contributed by atoms with Gasteiger partial charge >= 0.3 is 0 Å². The lowest BCUT2D eigenvalue weighted by Gasteiger charge is -2.15. The molecule has 1 rings (SSSR count). The lowest BCUT2D eigenvalue weighted by Crippen LogP contribution is -2.43. The summed E-state index contributed by atoms with van der Waals surface area (Å²) in [6.07, 6.45) is 0. The van der Waals surface area contributed by atoms with E-state index in [9.17, 15) is 4.79 Å². The zero-order chi connectivity index (χ0) is 12.3. The third-order valence-electron chi connectivity index (χ3n) is 2.94. The van der Waals surface area contributed by atoms with Gasteiger partial charge in [-0.1, -0.05) is 13.8 Å². The standard InChI is InChI=1S/C12H21N3O/c1-8(2)11(13)12(16)14-7-10-6-5-9(3)15(10)4/h5-6,8,11H,7,13H2,1-4H3,(H,14,16). The summed E-state index contributed by atoms with van der Waals surface area (Å²) in [6.45, 7) is 6.45. The molecule has 1 aromatic rings. The maximum Gasteiger partial charge on any atom is 0.237 e. The first kappa shape index (κ1) is 12.8. The Labute approximate surface area is 96.8 Å². The molecule has 0 spiro atoms. The number of nitrogens with two attached hydrogens (primary N) is 1. The fraction of sp³-hybridized carbons (Fsp3) is 0.583. The van der Waals surface area contributed by atoms with E-state index < -0.39 is 6.04 Å². The van der Waals surface area contributed by atoms with E-state index >= 15 is 0 Å². The lowest BCUT2D eigenvalue weighted by atomic mass is 10.1. The van der Waals surface area contributed by atoms with E-state index in [1.807, 2.05) is 40.0 Å². The van der Waals surface area contributed by atoms with Crippen LogP contribution in [-0.4, -0.2) is 16.5 Å². The summed E-state index contributed by atoms with van der Waals surface area (Å²) >= 11 is 0. The minimum atomic E-state index is -0.429. The van der Waals surface area contributed by atoms with Gasteiger partial charge in [0.05, 0.1) is 12.6 Å².